The number of aromatic nitrogens is 2. The van der Waals surface area contributed by atoms with Crippen molar-refractivity contribution in [1.29, 1.82) is 0 Å². The van der Waals surface area contributed by atoms with E-state index in [1.165, 1.54) is 0 Å². The van der Waals surface area contributed by atoms with Gasteiger partial charge < -0.3 is 0 Å². The minimum absolute atomic E-state index is 0.433. The van der Waals surface area contributed by atoms with Crippen LogP contribution in [0.2, 0.25) is 10.2 Å². The van der Waals surface area contributed by atoms with Gasteiger partial charge in [-0.15, -0.1) is 0 Å². The van der Waals surface area contributed by atoms with Crippen LogP contribution in [0.25, 0.3) is 22.3 Å². The average Bonchev–Trinajstić information content (AvgIpc) is 2.42. The number of aryl methyl sites for hydroxylation is 1. The van der Waals surface area contributed by atoms with Crippen molar-refractivity contribution >= 4 is 50.0 Å². The quantitative estimate of drug-likeness (QED) is 0.517. The average molecular weight is 368 g/mol. The van der Waals surface area contributed by atoms with Crippen molar-refractivity contribution in [3.63, 3.8) is 0 Å². The first-order valence-corrected chi connectivity index (χ1v) is 7.49. The number of hydrogen-bond acceptors (Lipinski definition) is 2. The molecule has 2 aromatic carbocycles. The van der Waals surface area contributed by atoms with Crippen LogP contribution in [-0.4, -0.2) is 9.97 Å². The fourth-order valence-electron chi connectivity index (χ4n) is 1.92. The highest BCUT2D eigenvalue weighted by Crippen LogP contribution is 2.28. The molecular weight excluding hydrogens is 359 g/mol. The summed E-state index contributed by atoms with van der Waals surface area (Å²) in [4.78, 5) is 8.90. The van der Waals surface area contributed by atoms with Crippen molar-refractivity contribution in [2.75, 3.05) is 0 Å². The maximum absolute atomic E-state index is 6.25. The molecule has 5 heteroatoms. The van der Waals surface area contributed by atoms with Gasteiger partial charge in [0.2, 0.25) is 0 Å². The molecule has 0 spiro atoms. The molecule has 0 radical (unpaired) electrons. The molecule has 0 fully saturated rings. The van der Waals surface area contributed by atoms with Crippen molar-refractivity contribution in [2.24, 2.45) is 0 Å². The highest BCUT2D eigenvalue weighted by Gasteiger charge is 2.09. The Morgan fingerprint density at radius 3 is 2.55 bits per heavy atom. The SMILES string of the molecule is Cc1ccc(-c2nc(Cl)c3cc(Br)ccc3n2)cc1Cl. The van der Waals surface area contributed by atoms with Crippen LogP contribution in [0.15, 0.2) is 40.9 Å². The Bertz CT molecular complexity index is 818. The predicted octanol–water partition coefficient (Wildman–Crippen LogP) is 5.67. The lowest BCUT2D eigenvalue weighted by molar-refractivity contribution is 1.22. The molecule has 0 aliphatic heterocycles. The molecule has 1 heterocycles. The molecule has 0 saturated heterocycles. The predicted molar refractivity (Wildman–Crippen MR) is 87.4 cm³/mol. The van der Waals surface area contributed by atoms with Crippen LogP contribution in [0.3, 0.4) is 0 Å². The Morgan fingerprint density at radius 2 is 1.80 bits per heavy atom. The molecule has 3 rings (SSSR count). The summed E-state index contributed by atoms with van der Waals surface area (Å²) in [6.45, 7) is 1.96. The first-order valence-electron chi connectivity index (χ1n) is 5.94. The highest BCUT2D eigenvalue weighted by molar-refractivity contribution is 9.10. The van der Waals surface area contributed by atoms with E-state index >= 15 is 0 Å². The zero-order chi connectivity index (χ0) is 14.3. The lowest BCUT2D eigenvalue weighted by atomic mass is 10.1. The zero-order valence-corrected chi connectivity index (χ0v) is 13.6. The van der Waals surface area contributed by atoms with E-state index in [4.69, 9.17) is 23.2 Å². The van der Waals surface area contributed by atoms with E-state index in [1.807, 2.05) is 43.3 Å². The summed E-state index contributed by atoms with van der Waals surface area (Å²) in [5.41, 5.74) is 2.68. The Labute approximate surface area is 134 Å². The Morgan fingerprint density at radius 1 is 1.00 bits per heavy atom. The van der Waals surface area contributed by atoms with E-state index < -0.39 is 0 Å². The summed E-state index contributed by atoms with van der Waals surface area (Å²) in [7, 11) is 0. The largest absolute Gasteiger partial charge is 0.228 e. The zero-order valence-electron chi connectivity index (χ0n) is 10.5. The highest BCUT2D eigenvalue weighted by atomic mass is 79.9. The van der Waals surface area contributed by atoms with Crippen LogP contribution < -0.4 is 0 Å². The lowest BCUT2D eigenvalue weighted by Crippen LogP contribution is -1.92. The molecular formula is C15H9BrCl2N2. The minimum Gasteiger partial charge on any atom is -0.228 e. The van der Waals surface area contributed by atoms with Gasteiger partial charge in [0.05, 0.1) is 5.52 Å². The second-order valence-electron chi connectivity index (χ2n) is 4.46. The number of nitrogens with zero attached hydrogens (tertiary/aromatic N) is 2. The third-order valence-corrected chi connectivity index (χ3v) is 4.23. The molecule has 0 bridgehead atoms. The van der Waals surface area contributed by atoms with Crippen molar-refractivity contribution in [3.8, 4) is 11.4 Å². The van der Waals surface area contributed by atoms with Gasteiger partial charge in [0.15, 0.2) is 5.82 Å². The number of fused-ring (bicyclic) bond motifs is 1. The molecule has 1 aromatic heterocycles. The van der Waals surface area contributed by atoms with Crippen LogP contribution in [-0.2, 0) is 0 Å². The van der Waals surface area contributed by atoms with Gasteiger partial charge in [0.25, 0.3) is 0 Å². The van der Waals surface area contributed by atoms with E-state index in [0.29, 0.717) is 16.0 Å². The van der Waals surface area contributed by atoms with Gasteiger partial charge in [-0.2, -0.15) is 0 Å². The third-order valence-electron chi connectivity index (χ3n) is 3.04. The number of rotatable bonds is 1. The second-order valence-corrected chi connectivity index (χ2v) is 6.14. The van der Waals surface area contributed by atoms with Crippen LogP contribution in [0.4, 0.5) is 0 Å². The maximum atomic E-state index is 6.25. The van der Waals surface area contributed by atoms with Gasteiger partial charge >= 0.3 is 0 Å². The summed E-state index contributed by atoms with van der Waals surface area (Å²) in [5.74, 6) is 0.576. The summed E-state index contributed by atoms with van der Waals surface area (Å²) in [5, 5.41) is 1.95. The van der Waals surface area contributed by atoms with E-state index in [2.05, 4.69) is 25.9 Å². The lowest BCUT2D eigenvalue weighted by Gasteiger charge is -2.06. The molecule has 3 aromatic rings. The molecule has 0 aliphatic carbocycles. The van der Waals surface area contributed by atoms with Gasteiger partial charge in [-0.05, 0) is 36.8 Å². The van der Waals surface area contributed by atoms with Crippen LogP contribution in [0, 0.1) is 6.92 Å². The van der Waals surface area contributed by atoms with E-state index in [1.54, 1.807) is 0 Å². The molecule has 2 nitrogen and oxygen atoms in total. The minimum atomic E-state index is 0.433. The Kier molecular flexibility index (Phi) is 3.67. The first-order chi connectivity index (χ1) is 9.54. The standard InChI is InChI=1S/C15H9BrCl2N2/c1-8-2-3-9(6-12(8)17)15-19-13-5-4-10(16)7-11(13)14(18)20-15/h2-7H,1H3. The van der Waals surface area contributed by atoms with Gasteiger partial charge in [0.1, 0.15) is 5.15 Å². The number of halogens is 3. The number of benzene rings is 2. The van der Waals surface area contributed by atoms with E-state index in [0.717, 1.165) is 26.5 Å². The van der Waals surface area contributed by atoms with Crippen molar-refractivity contribution in [2.45, 2.75) is 6.92 Å². The van der Waals surface area contributed by atoms with Gasteiger partial charge in [-0.25, -0.2) is 9.97 Å². The molecule has 0 N–H and O–H groups in total. The van der Waals surface area contributed by atoms with E-state index in [9.17, 15) is 0 Å². The number of hydrogen-bond donors (Lipinski definition) is 0. The van der Waals surface area contributed by atoms with Crippen molar-refractivity contribution in [3.05, 3.63) is 56.6 Å². The molecule has 20 heavy (non-hydrogen) atoms. The maximum Gasteiger partial charge on any atom is 0.161 e. The van der Waals surface area contributed by atoms with Crippen LogP contribution in [0.1, 0.15) is 5.56 Å². The van der Waals surface area contributed by atoms with Gasteiger partial charge in [0, 0.05) is 20.4 Å². The fourth-order valence-corrected chi connectivity index (χ4v) is 2.70. The van der Waals surface area contributed by atoms with Crippen molar-refractivity contribution in [1.82, 2.24) is 9.97 Å². The van der Waals surface area contributed by atoms with Crippen molar-refractivity contribution < 1.29 is 0 Å². The van der Waals surface area contributed by atoms with Crippen LogP contribution >= 0.6 is 39.1 Å². The fraction of sp³-hybridized carbons (Fsp3) is 0.0667. The summed E-state index contributed by atoms with van der Waals surface area (Å²) >= 11 is 15.8. The second kappa shape index (κ2) is 5.32. The third kappa shape index (κ3) is 2.53. The monoisotopic (exact) mass is 366 g/mol. The molecule has 0 atom stereocenters. The topological polar surface area (TPSA) is 25.8 Å². The van der Waals surface area contributed by atoms with Gasteiger partial charge in [-0.1, -0.05) is 51.3 Å². The smallest absolute Gasteiger partial charge is 0.161 e. The first kappa shape index (κ1) is 13.8. The Hall–Kier alpha value is -1.16. The summed E-state index contributed by atoms with van der Waals surface area (Å²) in [6, 6.07) is 11.5. The summed E-state index contributed by atoms with van der Waals surface area (Å²) in [6.07, 6.45) is 0. The molecule has 0 amide bonds. The van der Waals surface area contributed by atoms with Crippen LogP contribution in [0.5, 0.6) is 0 Å². The molecule has 0 unspecified atom stereocenters. The normalized spacial score (nSPS) is 11.0. The Balaban J connectivity index is 2.21. The molecule has 0 saturated carbocycles. The van der Waals surface area contributed by atoms with E-state index in [-0.39, 0.29) is 0 Å². The summed E-state index contributed by atoms with van der Waals surface area (Å²) < 4.78 is 0.946. The molecule has 0 aliphatic rings. The molecule has 100 valence electrons. The van der Waals surface area contributed by atoms with Gasteiger partial charge in [-0.3, -0.25) is 0 Å².